The Morgan fingerprint density at radius 3 is 3.00 bits per heavy atom. The molecule has 0 saturated carbocycles. The Balaban J connectivity index is 1.97. The zero-order chi connectivity index (χ0) is 13.4. The minimum atomic E-state index is -0.893. The van der Waals surface area contributed by atoms with Gasteiger partial charge in [-0.3, -0.25) is 4.79 Å². The number of benzene rings is 1. The van der Waals surface area contributed by atoms with Crippen molar-refractivity contribution in [3.63, 3.8) is 0 Å². The van der Waals surface area contributed by atoms with E-state index in [1.807, 2.05) is 25.2 Å². The number of carboxylic acid groups (broad SMARTS) is 1. The van der Waals surface area contributed by atoms with Crippen LogP contribution in [-0.2, 0) is 18.3 Å². The van der Waals surface area contributed by atoms with Gasteiger partial charge in [0, 0.05) is 18.8 Å². The SMILES string of the molecule is Cn1cc(CC(=O)O)nc1-c1ccc2c(c1)OCO2. The van der Waals surface area contributed by atoms with E-state index in [-0.39, 0.29) is 13.2 Å². The summed E-state index contributed by atoms with van der Waals surface area (Å²) in [7, 11) is 1.83. The Labute approximate surface area is 109 Å². The Kier molecular flexibility index (Phi) is 2.63. The van der Waals surface area contributed by atoms with Crippen LogP contribution in [0.15, 0.2) is 24.4 Å². The number of ether oxygens (including phenoxy) is 2. The number of carbonyl (C=O) groups is 1. The first-order valence-corrected chi connectivity index (χ1v) is 5.77. The zero-order valence-electron chi connectivity index (χ0n) is 10.3. The van der Waals surface area contributed by atoms with Gasteiger partial charge < -0.3 is 19.1 Å². The summed E-state index contributed by atoms with van der Waals surface area (Å²) < 4.78 is 12.4. The van der Waals surface area contributed by atoms with E-state index < -0.39 is 5.97 Å². The quantitative estimate of drug-likeness (QED) is 0.904. The highest BCUT2D eigenvalue weighted by atomic mass is 16.7. The van der Waals surface area contributed by atoms with Gasteiger partial charge in [-0.25, -0.2) is 4.98 Å². The Bertz CT molecular complexity index is 648. The number of fused-ring (bicyclic) bond motifs is 1. The molecule has 1 aliphatic heterocycles. The van der Waals surface area contributed by atoms with Gasteiger partial charge in [0.25, 0.3) is 0 Å². The molecule has 0 saturated heterocycles. The average Bonchev–Trinajstić information content (AvgIpc) is 2.93. The lowest BCUT2D eigenvalue weighted by Gasteiger charge is -2.02. The van der Waals surface area contributed by atoms with E-state index in [0.29, 0.717) is 23.0 Å². The number of nitrogens with zero attached hydrogens (tertiary/aromatic N) is 2. The summed E-state index contributed by atoms with van der Waals surface area (Å²) in [5.41, 5.74) is 1.39. The summed E-state index contributed by atoms with van der Waals surface area (Å²) >= 11 is 0. The van der Waals surface area contributed by atoms with Crippen molar-refractivity contribution in [3.8, 4) is 22.9 Å². The van der Waals surface area contributed by atoms with E-state index in [1.165, 1.54) is 0 Å². The molecule has 2 aromatic rings. The van der Waals surface area contributed by atoms with Gasteiger partial charge in [-0.05, 0) is 18.2 Å². The Morgan fingerprint density at radius 2 is 2.21 bits per heavy atom. The normalized spacial score (nSPS) is 12.7. The van der Waals surface area contributed by atoms with Crippen molar-refractivity contribution in [3.05, 3.63) is 30.1 Å². The van der Waals surface area contributed by atoms with E-state index in [4.69, 9.17) is 14.6 Å². The monoisotopic (exact) mass is 260 g/mol. The zero-order valence-corrected chi connectivity index (χ0v) is 10.3. The highest BCUT2D eigenvalue weighted by molar-refractivity contribution is 5.70. The van der Waals surface area contributed by atoms with Gasteiger partial charge in [0.05, 0.1) is 12.1 Å². The molecule has 98 valence electrons. The molecule has 1 N–H and O–H groups in total. The van der Waals surface area contributed by atoms with Gasteiger partial charge in [-0.15, -0.1) is 0 Å². The maximum Gasteiger partial charge on any atom is 0.309 e. The third kappa shape index (κ3) is 2.12. The molecule has 3 rings (SSSR count). The van der Waals surface area contributed by atoms with Gasteiger partial charge in [-0.1, -0.05) is 0 Å². The topological polar surface area (TPSA) is 73.6 Å². The molecular weight excluding hydrogens is 248 g/mol. The first-order valence-electron chi connectivity index (χ1n) is 5.77. The summed E-state index contributed by atoms with van der Waals surface area (Å²) in [6.45, 7) is 0.226. The molecule has 1 aromatic carbocycles. The van der Waals surface area contributed by atoms with E-state index >= 15 is 0 Å². The molecule has 19 heavy (non-hydrogen) atoms. The van der Waals surface area contributed by atoms with E-state index in [0.717, 1.165) is 5.56 Å². The molecule has 0 radical (unpaired) electrons. The van der Waals surface area contributed by atoms with Gasteiger partial charge >= 0.3 is 5.97 Å². The molecule has 0 fully saturated rings. The smallest absolute Gasteiger partial charge is 0.309 e. The van der Waals surface area contributed by atoms with Crippen molar-refractivity contribution in [2.75, 3.05) is 6.79 Å². The average molecular weight is 260 g/mol. The van der Waals surface area contributed by atoms with Crippen molar-refractivity contribution in [2.45, 2.75) is 6.42 Å². The van der Waals surface area contributed by atoms with Gasteiger partial charge in [-0.2, -0.15) is 0 Å². The van der Waals surface area contributed by atoms with Crippen molar-refractivity contribution >= 4 is 5.97 Å². The molecule has 0 amide bonds. The lowest BCUT2D eigenvalue weighted by molar-refractivity contribution is -0.136. The molecule has 2 heterocycles. The van der Waals surface area contributed by atoms with Gasteiger partial charge in [0.15, 0.2) is 11.5 Å². The van der Waals surface area contributed by atoms with Gasteiger partial charge in [0.2, 0.25) is 6.79 Å². The van der Waals surface area contributed by atoms with E-state index in [2.05, 4.69) is 4.98 Å². The fourth-order valence-corrected chi connectivity index (χ4v) is 2.07. The second-order valence-corrected chi connectivity index (χ2v) is 4.31. The summed E-state index contributed by atoms with van der Waals surface area (Å²) in [6, 6.07) is 5.54. The predicted molar refractivity (Wildman–Crippen MR) is 66.1 cm³/mol. The van der Waals surface area contributed by atoms with Crippen molar-refractivity contribution in [1.82, 2.24) is 9.55 Å². The number of carboxylic acids is 1. The van der Waals surface area contributed by atoms with Crippen molar-refractivity contribution < 1.29 is 19.4 Å². The van der Waals surface area contributed by atoms with Crippen LogP contribution in [0.4, 0.5) is 0 Å². The third-order valence-electron chi connectivity index (χ3n) is 2.89. The van der Waals surface area contributed by atoms with Gasteiger partial charge in [0.1, 0.15) is 5.82 Å². The van der Waals surface area contributed by atoms with Crippen LogP contribution in [0.25, 0.3) is 11.4 Å². The molecule has 6 heteroatoms. The third-order valence-corrected chi connectivity index (χ3v) is 2.89. The molecule has 0 aliphatic carbocycles. The molecule has 6 nitrogen and oxygen atoms in total. The lowest BCUT2D eigenvalue weighted by atomic mass is 10.2. The molecular formula is C13H12N2O4. The van der Waals surface area contributed by atoms with Crippen molar-refractivity contribution in [1.29, 1.82) is 0 Å². The standard InChI is InChI=1S/C13H12N2O4/c1-15-6-9(5-12(16)17)14-13(15)8-2-3-10-11(4-8)19-7-18-10/h2-4,6H,5,7H2,1H3,(H,16,17). The second-order valence-electron chi connectivity index (χ2n) is 4.31. The highest BCUT2D eigenvalue weighted by Gasteiger charge is 2.16. The molecule has 1 aliphatic rings. The van der Waals surface area contributed by atoms with Crippen molar-refractivity contribution in [2.24, 2.45) is 7.05 Å². The summed E-state index contributed by atoms with van der Waals surface area (Å²) in [4.78, 5) is 15.0. The van der Waals surface area contributed by atoms with E-state index in [1.54, 1.807) is 10.8 Å². The fraction of sp³-hybridized carbons (Fsp3) is 0.231. The van der Waals surface area contributed by atoms with Crippen LogP contribution in [-0.4, -0.2) is 27.4 Å². The lowest BCUT2D eigenvalue weighted by Crippen LogP contribution is -1.99. The van der Waals surface area contributed by atoms with E-state index in [9.17, 15) is 4.79 Å². The van der Waals surface area contributed by atoms with Crippen LogP contribution < -0.4 is 9.47 Å². The number of imidazole rings is 1. The van der Waals surface area contributed by atoms with Crippen LogP contribution in [0, 0.1) is 0 Å². The number of aryl methyl sites for hydroxylation is 1. The summed E-state index contributed by atoms with van der Waals surface area (Å²) in [5.74, 6) is 1.20. The second kappa shape index (κ2) is 4.31. The largest absolute Gasteiger partial charge is 0.481 e. The molecule has 0 spiro atoms. The van der Waals surface area contributed by atoms with Crippen LogP contribution in [0.5, 0.6) is 11.5 Å². The number of rotatable bonds is 3. The summed E-state index contributed by atoms with van der Waals surface area (Å²) in [6.07, 6.45) is 1.63. The molecule has 0 bridgehead atoms. The molecule has 0 atom stereocenters. The molecule has 0 unspecified atom stereocenters. The van der Waals surface area contributed by atoms with Crippen LogP contribution in [0.3, 0.4) is 0 Å². The minimum absolute atomic E-state index is 0.0849. The number of aliphatic carboxylic acids is 1. The number of aromatic nitrogens is 2. The maximum absolute atomic E-state index is 10.7. The van der Waals surface area contributed by atoms with Crippen LogP contribution >= 0.6 is 0 Å². The number of hydrogen-bond acceptors (Lipinski definition) is 4. The fourth-order valence-electron chi connectivity index (χ4n) is 2.07. The highest BCUT2D eigenvalue weighted by Crippen LogP contribution is 2.35. The molecule has 1 aromatic heterocycles. The summed E-state index contributed by atoms with van der Waals surface area (Å²) in [5, 5.41) is 8.78. The Hall–Kier alpha value is -2.50. The predicted octanol–water partition coefficient (Wildman–Crippen LogP) is 1.44. The van der Waals surface area contributed by atoms with Crippen LogP contribution in [0.1, 0.15) is 5.69 Å². The maximum atomic E-state index is 10.7. The Morgan fingerprint density at radius 1 is 1.42 bits per heavy atom. The van der Waals surface area contributed by atoms with Crippen LogP contribution in [0.2, 0.25) is 0 Å². The first-order chi connectivity index (χ1) is 9.13. The minimum Gasteiger partial charge on any atom is -0.481 e. The first kappa shape index (κ1) is 11.6. The number of hydrogen-bond donors (Lipinski definition) is 1.